The molecule has 1 N–H and O–H groups in total. The maximum absolute atomic E-state index is 6.53. The average molecular weight is 422 g/mol. The number of ether oxygens (including phenoxy) is 1. The maximum atomic E-state index is 6.53. The van der Waals surface area contributed by atoms with Crippen LogP contribution in [0, 0.1) is 5.92 Å². The molecule has 0 fully saturated rings. The number of nitrogens with one attached hydrogen (secondary N) is 1. The van der Waals surface area contributed by atoms with Crippen molar-refractivity contribution in [3.63, 3.8) is 0 Å². The van der Waals surface area contributed by atoms with E-state index in [4.69, 9.17) is 27.9 Å². The third-order valence-corrected chi connectivity index (χ3v) is 6.55. The zero-order valence-corrected chi connectivity index (χ0v) is 17.3. The van der Waals surface area contributed by atoms with Gasteiger partial charge in [-0.25, -0.2) is 0 Å². The summed E-state index contributed by atoms with van der Waals surface area (Å²) in [7, 11) is 0. The summed E-state index contributed by atoms with van der Waals surface area (Å²) in [6.07, 6.45) is 5.56. The van der Waals surface area contributed by atoms with Crippen LogP contribution in [0.4, 0.5) is 5.69 Å². The van der Waals surface area contributed by atoms with Gasteiger partial charge in [0, 0.05) is 16.5 Å². The molecule has 1 heterocycles. The third-order valence-electron chi connectivity index (χ3n) is 5.90. The Balaban J connectivity index is 1.39. The molecular formula is C25H21Cl2NO. The van der Waals surface area contributed by atoms with Gasteiger partial charge in [0.05, 0.1) is 16.8 Å². The fourth-order valence-corrected chi connectivity index (χ4v) is 4.97. The molecule has 1 aliphatic carbocycles. The van der Waals surface area contributed by atoms with Gasteiger partial charge < -0.3 is 10.1 Å². The van der Waals surface area contributed by atoms with Crippen molar-refractivity contribution < 1.29 is 4.74 Å². The Kier molecular flexibility index (Phi) is 4.99. The lowest BCUT2D eigenvalue weighted by molar-refractivity contribution is 0.306. The summed E-state index contributed by atoms with van der Waals surface area (Å²) in [5.74, 6) is 1.59. The summed E-state index contributed by atoms with van der Waals surface area (Å²) in [4.78, 5) is 0. The largest absolute Gasteiger partial charge is 0.489 e. The van der Waals surface area contributed by atoms with Crippen LogP contribution in [0.3, 0.4) is 0 Å². The second-order valence-electron chi connectivity index (χ2n) is 7.64. The average Bonchev–Trinajstić information content (AvgIpc) is 3.25. The topological polar surface area (TPSA) is 21.3 Å². The Morgan fingerprint density at radius 1 is 0.897 bits per heavy atom. The minimum Gasteiger partial charge on any atom is -0.489 e. The smallest absolute Gasteiger partial charge is 0.119 e. The lowest BCUT2D eigenvalue weighted by Crippen LogP contribution is -2.29. The number of fused-ring (bicyclic) bond motifs is 3. The number of anilines is 1. The van der Waals surface area contributed by atoms with Crippen molar-refractivity contribution in [1.29, 1.82) is 0 Å². The van der Waals surface area contributed by atoms with Crippen LogP contribution >= 0.6 is 23.2 Å². The monoisotopic (exact) mass is 421 g/mol. The molecule has 1 aliphatic heterocycles. The number of benzene rings is 3. The molecule has 3 aromatic rings. The molecule has 0 aromatic heterocycles. The van der Waals surface area contributed by atoms with Crippen molar-refractivity contribution >= 4 is 28.9 Å². The Morgan fingerprint density at radius 2 is 1.66 bits per heavy atom. The van der Waals surface area contributed by atoms with Gasteiger partial charge in [-0.3, -0.25) is 0 Å². The third kappa shape index (κ3) is 3.52. The van der Waals surface area contributed by atoms with E-state index in [0.29, 0.717) is 12.5 Å². The first-order valence-corrected chi connectivity index (χ1v) is 10.6. The molecule has 2 nitrogen and oxygen atoms in total. The predicted octanol–water partition coefficient (Wildman–Crippen LogP) is 7.40. The van der Waals surface area contributed by atoms with E-state index < -0.39 is 0 Å². The van der Waals surface area contributed by atoms with E-state index in [1.54, 1.807) is 0 Å². The maximum Gasteiger partial charge on any atom is 0.119 e. The van der Waals surface area contributed by atoms with Crippen molar-refractivity contribution in [3.8, 4) is 5.75 Å². The Labute approximate surface area is 181 Å². The van der Waals surface area contributed by atoms with Crippen LogP contribution in [0.1, 0.15) is 35.1 Å². The quantitative estimate of drug-likeness (QED) is 0.443. The van der Waals surface area contributed by atoms with Crippen molar-refractivity contribution in [2.75, 3.05) is 5.32 Å². The van der Waals surface area contributed by atoms with Crippen LogP contribution in [-0.2, 0) is 6.61 Å². The molecule has 29 heavy (non-hydrogen) atoms. The van der Waals surface area contributed by atoms with Crippen LogP contribution in [0.5, 0.6) is 5.75 Å². The van der Waals surface area contributed by atoms with E-state index in [1.807, 2.05) is 42.5 Å². The lowest BCUT2D eigenvalue weighted by Gasteiger charge is -2.38. The van der Waals surface area contributed by atoms with Gasteiger partial charge in [-0.15, -0.1) is 0 Å². The first-order chi connectivity index (χ1) is 14.2. The molecule has 0 saturated heterocycles. The van der Waals surface area contributed by atoms with Gasteiger partial charge in [-0.2, -0.15) is 0 Å². The van der Waals surface area contributed by atoms with Gasteiger partial charge in [-0.05, 0) is 47.7 Å². The van der Waals surface area contributed by atoms with Crippen LogP contribution in [0.25, 0.3) is 0 Å². The van der Waals surface area contributed by atoms with E-state index in [1.165, 1.54) is 5.56 Å². The van der Waals surface area contributed by atoms with Crippen molar-refractivity contribution in [3.05, 3.63) is 106 Å². The highest BCUT2D eigenvalue weighted by atomic mass is 35.5. The second kappa shape index (κ2) is 7.78. The van der Waals surface area contributed by atoms with Crippen molar-refractivity contribution in [2.45, 2.75) is 25.0 Å². The molecular weight excluding hydrogens is 401 g/mol. The molecule has 3 atom stereocenters. The van der Waals surface area contributed by atoms with E-state index >= 15 is 0 Å². The molecule has 2 aliphatic rings. The molecule has 146 valence electrons. The summed E-state index contributed by atoms with van der Waals surface area (Å²) in [5, 5.41) is 5.17. The first-order valence-electron chi connectivity index (χ1n) is 9.88. The van der Waals surface area contributed by atoms with Gasteiger partial charge >= 0.3 is 0 Å². The van der Waals surface area contributed by atoms with Gasteiger partial charge in [0.1, 0.15) is 12.4 Å². The number of allylic oxidation sites excluding steroid dienone is 2. The van der Waals surface area contributed by atoms with Crippen LogP contribution in [0.2, 0.25) is 10.0 Å². The van der Waals surface area contributed by atoms with Crippen LogP contribution in [0.15, 0.2) is 78.9 Å². The van der Waals surface area contributed by atoms with Crippen molar-refractivity contribution in [2.24, 2.45) is 5.92 Å². The lowest BCUT2D eigenvalue weighted by atomic mass is 9.77. The minimum absolute atomic E-state index is 0.182. The molecule has 0 bridgehead atoms. The highest BCUT2D eigenvalue weighted by molar-refractivity contribution is 6.36. The molecule has 3 aromatic carbocycles. The van der Waals surface area contributed by atoms with Gasteiger partial charge in [0.15, 0.2) is 0 Å². The van der Waals surface area contributed by atoms with E-state index in [2.05, 4.69) is 41.7 Å². The van der Waals surface area contributed by atoms with Crippen LogP contribution in [-0.4, -0.2) is 0 Å². The Bertz CT molecular complexity index is 1050. The Morgan fingerprint density at radius 3 is 2.45 bits per heavy atom. The highest BCUT2D eigenvalue weighted by Gasteiger charge is 2.39. The SMILES string of the molecule is Clc1ccc(Cl)c2c1NC(c1ccc(OCc3ccccc3)cc1)C1CC=CC21. The number of rotatable bonds is 4. The predicted molar refractivity (Wildman–Crippen MR) is 120 cm³/mol. The molecule has 5 rings (SSSR count). The number of halogens is 2. The normalized spacial score (nSPS) is 21.9. The fourth-order valence-electron chi connectivity index (χ4n) is 4.47. The summed E-state index contributed by atoms with van der Waals surface area (Å²) >= 11 is 13.0. The minimum atomic E-state index is 0.182. The van der Waals surface area contributed by atoms with Gasteiger partial charge in [0.25, 0.3) is 0 Å². The van der Waals surface area contributed by atoms with E-state index in [-0.39, 0.29) is 12.0 Å². The standard InChI is InChI=1S/C25H21Cl2NO/c26-21-13-14-22(27)25-23(21)19-7-4-8-20(19)24(28-25)17-9-11-18(12-10-17)29-15-16-5-2-1-3-6-16/h1-7,9-14,19-20,24,28H,8,15H2. The summed E-state index contributed by atoms with van der Waals surface area (Å²) in [5.41, 5.74) is 4.48. The summed E-state index contributed by atoms with van der Waals surface area (Å²) in [6.45, 7) is 0.567. The zero-order valence-electron chi connectivity index (χ0n) is 15.8. The molecule has 0 saturated carbocycles. The molecule has 0 spiro atoms. The highest BCUT2D eigenvalue weighted by Crippen LogP contribution is 2.53. The summed E-state index contributed by atoms with van der Waals surface area (Å²) in [6, 6.07) is 22.5. The van der Waals surface area contributed by atoms with Crippen molar-refractivity contribution in [1.82, 2.24) is 0 Å². The molecule has 4 heteroatoms. The van der Waals surface area contributed by atoms with E-state index in [9.17, 15) is 0 Å². The number of hydrogen-bond acceptors (Lipinski definition) is 2. The van der Waals surface area contributed by atoms with Gasteiger partial charge in [-0.1, -0.05) is 77.8 Å². The molecule has 3 unspecified atom stereocenters. The summed E-state index contributed by atoms with van der Waals surface area (Å²) < 4.78 is 5.94. The Hall–Kier alpha value is -2.42. The zero-order chi connectivity index (χ0) is 19.8. The van der Waals surface area contributed by atoms with Crippen LogP contribution < -0.4 is 10.1 Å². The number of hydrogen-bond donors (Lipinski definition) is 1. The van der Waals surface area contributed by atoms with E-state index in [0.717, 1.165) is 39.0 Å². The molecule has 0 radical (unpaired) electrons. The second-order valence-corrected chi connectivity index (χ2v) is 8.45. The first kappa shape index (κ1) is 18.6. The van der Waals surface area contributed by atoms with Gasteiger partial charge in [0.2, 0.25) is 0 Å². The molecule has 0 amide bonds. The fraction of sp³-hybridized carbons (Fsp3) is 0.200.